The molecule has 1 saturated carbocycles. The second kappa shape index (κ2) is 3.96. The molecular formula is C13H17NO3S. The lowest BCUT2D eigenvalue weighted by atomic mass is 9.73. The summed E-state index contributed by atoms with van der Waals surface area (Å²) in [7, 11) is -3.21. The minimum absolute atomic E-state index is 0.142. The van der Waals surface area contributed by atoms with E-state index >= 15 is 0 Å². The average Bonchev–Trinajstić information content (AvgIpc) is 2.24. The quantitative estimate of drug-likeness (QED) is 0.891. The number of ether oxygens (including phenoxy) is 1. The topological polar surface area (TPSA) is 55.4 Å². The molecule has 1 N–H and O–H groups in total. The van der Waals surface area contributed by atoms with Gasteiger partial charge in [0.15, 0.2) is 0 Å². The van der Waals surface area contributed by atoms with Gasteiger partial charge in [-0.15, -0.1) is 0 Å². The maximum atomic E-state index is 11.5. The van der Waals surface area contributed by atoms with Crippen molar-refractivity contribution >= 4 is 10.0 Å². The monoisotopic (exact) mass is 267 g/mol. The van der Waals surface area contributed by atoms with Crippen molar-refractivity contribution in [3.63, 3.8) is 0 Å². The fourth-order valence-corrected chi connectivity index (χ4v) is 3.59. The molecule has 1 aromatic carbocycles. The third-order valence-corrected chi connectivity index (χ3v) is 4.53. The van der Waals surface area contributed by atoms with Crippen LogP contribution in [0.2, 0.25) is 0 Å². The van der Waals surface area contributed by atoms with Gasteiger partial charge in [0.1, 0.15) is 11.4 Å². The summed E-state index contributed by atoms with van der Waals surface area (Å²) in [5.41, 5.74) is 0.803. The van der Waals surface area contributed by atoms with Gasteiger partial charge in [0.25, 0.3) is 0 Å². The zero-order valence-electron chi connectivity index (χ0n) is 10.3. The molecule has 3 rings (SSSR count). The zero-order valence-corrected chi connectivity index (χ0v) is 11.2. The van der Waals surface area contributed by atoms with Gasteiger partial charge < -0.3 is 4.74 Å². The molecule has 4 nitrogen and oxygen atoms in total. The lowest BCUT2D eigenvalue weighted by Gasteiger charge is -2.47. The first-order chi connectivity index (χ1) is 8.48. The van der Waals surface area contributed by atoms with Gasteiger partial charge in [-0.3, -0.25) is 0 Å². The Hall–Kier alpha value is -1.07. The van der Waals surface area contributed by atoms with Crippen molar-refractivity contribution in [3.8, 4) is 5.75 Å². The summed E-state index contributed by atoms with van der Waals surface area (Å²) < 4.78 is 31.7. The third-order valence-electron chi connectivity index (χ3n) is 3.82. The Morgan fingerprint density at radius 2 is 2.06 bits per heavy atom. The fraction of sp³-hybridized carbons (Fsp3) is 0.538. The second-order valence-electron chi connectivity index (χ2n) is 5.32. The van der Waals surface area contributed by atoms with E-state index in [-0.39, 0.29) is 11.6 Å². The minimum atomic E-state index is -3.21. The van der Waals surface area contributed by atoms with E-state index in [9.17, 15) is 8.42 Å². The number of sulfonamides is 1. The maximum Gasteiger partial charge on any atom is 0.209 e. The van der Waals surface area contributed by atoms with Crippen LogP contribution in [0.5, 0.6) is 5.75 Å². The SMILES string of the molecule is CS(=O)(=O)NC1CC2(CCC2)Oc2ccccc21. The van der Waals surface area contributed by atoms with Gasteiger partial charge >= 0.3 is 0 Å². The van der Waals surface area contributed by atoms with Crippen LogP contribution in [0.1, 0.15) is 37.3 Å². The van der Waals surface area contributed by atoms with Crippen LogP contribution in [0.3, 0.4) is 0 Å². The van der Waals surface area contributed by atoms with Crippen LogP contribution in [0.15, 0.2) is 24.3 Å². The van der Waals surface area contributed by atoms with E-state index in [1.165, 1.54) is 6.26 Å². The molecule has 0 amide bonds. The molecule has 1 aliphatic carbocycles. The van der Waals surface area contributed by atoms with Crippen molar-refractivity contribution in [1.82, 2.24) is 4.72 Å². The Kier molecular flexibility index (Phi) is 2.64. The predicted octanol–water partition coefficient (Wildman–Crippen LogP) is 1.98. The smallest absolute Gasteiger partial charge is 0.209 e. The highest BCUT2D eigenvalue weighted by atomic mass is 32.2. The summed E-state index contributed by atoms with van der Waals surface area (Å²) in [6.45, 7) is 0. The van der Waals surface area contributed by atoms with E-state index in [0.717, 1.165) is 37.0 Å². The first-order valence-corrected chi connectivity index (χ1v) is 8.12. The van der Waals surface area contributed by atoms with E-state index in [2.05, 4.69) is 4.72 Å². The molecule has 1 aromatic rings. The molecule has 0 bridgehead atoms. The maximum absolute atomic E-state index is 11.5. The Bertz CT molecular complexity index is 563. The second-order valence-corrected chi connectivity index (χ2v) is 7.10. The molecule has 1 aliphatic heterocycles. The summed E-state index contributed by atoms with van der Waals surface area (Å²) in [6, 6.07) is 7.53. The molecule has 2 aliphatic rings. The number of rotatable bonds is 2. The fourth-order valence-electron chi connectivity index (χ4n) is 2.86. The van der Waals surface area contributed by atoms with Crippen LogP contribution in [0.4, 0.5) is 0 Å². The number of nitrogens with one attached hydrogen (secondary N) is 1. The average molecular weight is 267 g/mol. The summed E-state index contributed by atoms with van der Waals surface area (Å²) >= 11 is 0. The van der Waals surface area contributed by atoms with Crippen LogP contribution in [0, 0.1) is 0 Å². The van der Waals surface area contributed by atoms with Crippen LogP contribution < -0.4 is 9.46 Å². The van der Waals surface area contributed by atoms with Gasteiger partial charge in [0, 0.05) is 12.0 Å². The van der Waals surface area contributed by atoms with Crippen LogP contribution in [0.25, 0.3) is 0 Å². The van der Waals surface area contributed by atoms with Crippen molar-refractivity contribution in [2.45, 2.75) is 37.3 Å². The summed E-state index contributed by atoms with van der Waals surface area (Å²) in [5, 5.41) is 0. The number of hydrogen-bond acceptors (Lipinski definition) is 3. The van der Waals surface area contributed by atoms with Crippen molar-refractivity contribution in [1.29, 1.82) is 0 Å². The largest absolute Gasteiger partial charge is 0.487 e. The normalized spacial score (nSPS) is 25.1. The van der Waals surface area contributed by atoms with E-state index < -0.39 is 10.0 Å². The van der Waals surface area contributed by atoms with E-state index in [0.29, 0.717) is 0 Å². The number of para-hydroxylation sites is 1. The lowest BCUT2D eigenvalue weighted by Crippen LogP contribution is -2.49. The molecule has 1 spiro atoms. The Balaban J connectivity index is 1.97. The highest BCUT2D eigenvalue weighted by molar-refractivity contribution is 7.88. The number of benzene rings is 1. The molecule has 0 radical (unpaired) electrons. The van der Waals surface area contributed by atoms with Crippen molar-refractivity contribution in [3.05, 3.63) is 29.8 Å². The molecule has 98 valence electrons. The van der Waals surface area contributed by atoms with E-state index in [4.69, 9.17) is 4.74 Å². The first kappa shape index (κ1) is 12.0. The van der Waals surface area contributed by atoms with Gasteiger partial charge in [0.05, 0.1) is 12.3 Å². The highest BCUT2D eigenvalue weighted by Crippen LogP contribution is 2.48. The van der Waals surface area contributed by atoms with Crippen LogP contribution in [-0.2, 0) is 10.0 Å². The predicted molar refractivity (Wildman–Crippen MR) is 69.0 cm³/mol. The van der Waals surface area contributed by atoms with Gasteiger partial charge in [-0.1, -0.05) is 18.2 Å². The van der Waals surface area contributed by atoms with Gasteiger partial charge in [0.2, 0.25) is 10.0 Å². The van der Waals surface area contributed by atoms with Crippen LogP contribution >= 0.6 is 0 Å². The molecule has 1 heterocycles. The lowest BCUT2D eigenvalue weighted by molar-refractivity contribution is -0.0345. The minimum Gasteiger partial charge on any atom is -0.487 e. The van der Waals surface area contributed by atoms with Crippen molar-refractivity contribution < 1.29 is 13.2 Å². The molecule has 5 heteroatoms. The molecule has 1 atom stereocenters. The third kappa shape index (κ3) is 2.12. The first-order valence-electron chi connectivity index (χ1n) is 6.23. The zero-order chi connectivity index (χ0) is 12.8. The van der Waals surface area contributed by atoms with Gasteiger partial charge in [-0.2, -0.15) is 0 Å². The summed E-state index contributed by atoms with van der Waals surface area (Å²) in [6.07, 6.45) is 5.13. The molecule has 18 heavy (non-hydrogen) atoms. The Morgan fingerprint density at radius 1 is 1.33 bits per heavy atom. The highest BCUT2D eigenvalue weighted by Gasteiger charge is 2.45. The molecular weight excluding hydrogens is 250 g/mol. The standard InChI is InChI=1S/C13H17NO3S/c1-18(15,16)14-11-9-13(7-4-8-13)17-12-6-3-2-5-10(11)12/h2-3,5-6,11,14H,4,7-9H2,1H3. The molecule has 0 aromatic heterocycles. The van der Waals surface area contributed by atoms with Crippen LogP contribution in [-0.4, -0.2) is 20.3 Å². The Morgan fingerprint density at radius 3 is 2.67 bits per heavy atom. The Labute approximate surface area is 107 Å². The van der Waals surface area contributed by atoms with Crippen molar-refractivity contribution in [2.24, 2.45) is 0 Å². The van der Waals surface area contributed by atoms with Gasteiger partial charge in [-0.25, -0.2) is 13.1 Å². The molecule has 1 fully saturated rings. The number of hydrogen-bond donors (Lipinski definition) is 1. The molecule has 1 unspecified atom stereocenters. The van der Waals surface area contributed by atoms with Crippen molar-refractivity contribution in [2.75, 3.05) is 6.26 Å². The number of fused-ring (bicyclic) bond motifs is 1. The van der Waals surface area contributed by atoms with E-state index in [1.54, 1.807) is 0 Å². The summed E-state index contributed by atoms with van der Waals surface area (Å²) in [4.78, 5) is 0. The van der Waals surface area contributed by atoms with Gasteiger partial charge in [-0.05, 0) is 25.3 Å². The summed E-state index contributed by atoms with van der Waals surface area (Å²) in [5.74, 6) is 0.824. The molecule has 0 saturated heterocycles. The van der Waals surface area contributed by atoms with E-state index in [1.807, 2.05) is 24.3 Å².